The molecule has 10 heteroatoms. The Morgan fingerprint density at radius 3 is 2.79 bits per heavy atom. The number of nitrogens with zero attached hydrogens (tertiary/aromatic N) is 3. The lowest BCUT2D eigenvalue weighted by Gasteiger charge is -2.11. The van der Waals surface area contributed by atoms with Crippen molar-refractivity contribution in [2.45, 2.75) is 13.5 Å². The van der Waals surface area contributed by atoms with Gasteiger partial charge in [0, 0.05) is 12.4 Å². The summed E-state index contributed by atoms with van der Waals surface area (Å²) in [4.78, 5) is 28.5. The third kappa shape index (κ3) is 4.22. The summed E-state index contributed by atoms with van der Waals surface area (Å²) in [6.45, 7) is -1.59. The van der Waals surface area contributed by atoms with E-state index in [1.165, 1.54) is 30.5 Å². The molecular weight excluding hydrogens is 372 g/mol. The van der Waals surface area contributed by atoms with Gasteiger partial charge in [-0.25, -0.2) is 4.98 Å². The largest absolute Gasteiger partial charge is 0.434 e. The number of fused-ring (bicyclic) bond motifs is 1. The number of hydrogen-bond acceptors (Lipinski definition) is 5. The van der Waals surface area contributed by atoms with Crippen molar-refractivity contribution in [2.75, 3.05) is 11.9 Å². The maximum Gasteiger partial charge on any atom is 0.387 e. The molecule has 2 amide bonds. The van der Waals surface area contributed by atoms with Crippen molar-refractivity contribution in [3.63, 3.8) is 0 Å². The second kappa shape index (κ2) is 7.99. The van der Waals surface area contributed by atoms with Crippen LogP contribution < -0.4 is 15.4 Å². The summed E-state index contributed by atoms with van der Waals surface area (Å²) < 4.78 is 30.8. The molecule has 2 aromatic heterocycles. The molecule has 0 unspecified atom stereocenters. The Morgan fingerprint density at radius 2 is 2.04 bits per heavy atom. The number of aryl methyl sites for hydroxylation is 2. The van der Waals surface area contributed by atoms with Crippen molar-refractivity contribution in [1.82, 2.24) is 20.1 Å². The number of carbonyl (C=O) groups excluding carboxylic acids is 2. The molecular formula is C18H17F2N5O3. The molecule has 0 saturated carbocycles. The third-order valence-electron chi connectivity index (χ3n) is 3.90. The van der Waals surface area contributed by atoms with Crippen LogP contribution in [0, 0.1) is 6.92 Å². The fourth-order valence-electron chi connectivity index (χ4n) is 2.69. The van der Waals surface area contributed by atoms with E-state index in [9.17, 15) is 18.4 Å². The highest BCUT2D eigenvalue weighted by Gasteiger charge is 2.16. The number of anilines is 1. The van der Waals surface area contributed by atoms with Crippen LogP contribution in [0.5, 0.6) is 5.75 Å². The van der Waals surface area contributed by atoms with Crippen LogP contribution in [-0.4, -0.2) is 39.7 Å². The summed E-state index contributed by atoms with van der Waals surface area (Å²) in [6.07, 6.45) is 1.48. The minimum atomic E-state index is -3.06. The summed E-state index contributed by atoms with van der Waals surface area (Å²) in [5, 5.41) is 10.0. The molecule has 0 spiro atoms. The van der Waals surface area contributed by atoms with E-state index in [1.807, 2.05) is 6.92 Å². The van der Waals surface area contributed by atoms with Crippen LogP contribution in [0.1, 0.15) is 16.1 Å². The summed E-state index contributed by atoms with van der Waals surface area (Å²) in [5.41, 5.74) is 1.80. The van der Waals surface area contributed by atoms with Gasteiger partial charge < -0.3 is 15.4 Å². The highest BCUT2D eigenvalue weighted by atomic mass is 19.3. The number of benzene rings is 1. The summed E-state index contributed by atoms with van der Waals surface area (Å²) in [5.74, 6) is -1.47. The quantitative estimate of drug-likeness (QED) is 0.674. The van der Waals surface area contributed by atoms with E-state index in [-0.39, 0.29) is 17.9 Å². The molecule has 146 valence electrons. The third-order valence-corrected chi connectivity index (χ3v) is 3.90. The van der Waals surface area contributed by atoms with Crippen molar-refractivity contribution in [3.05, 3.63) is 47.8 Å². The van der Waals surface area contributed by atoms with E-state index in [2.05, 4.69) is 25.5 Å². The van der Waals surface area contributed by atoms with E-state index < -0.39 is 18.4 Å². The Labute approximate surface area is 158 Å². The molecule has 3 rings (SSSR count). The fourth-order valence-corrected chi connectivity index (χ4v) is 2.69. The molecule has 2 N–H and O–H groups in total. The predicted octanol–water partition coefficient (Wildman–Crippen LogP) is 2.25. The highest BCUT2D eigenvalue weighted by molar-refractivity contribution is 6.01. The molecule has 0 saturated heterocycles. The number of carbonyl (C=O) groups is 2. The Kier molecular flexibility index (Phi) is 5.48. The van der Waals surface area contributed by atoms with E-state index >= 15 is 0 Å². The van der Waals surface area contributed by atoms with E-state index in [1.54, 1.807) is 17.8 Å². The number of aromatic nitrogens is 3. The average molecular weight is 389 g/mol. The lowest BCUT2D eigenvalue weighted by atomic mass is 10.2. The van der Waals surface area contributed by atoms with Crippen LogP contribution >= 0.6 is 0 Å². The van der Waals surface area contributed by atoms with Gasteiger partial charge in [-0.3, -0.25) is 14.3 Å². The van der Waals surface area contributed by atoms with E-state index in [0.717, 1.165) is 11.1 Å². The molecule has 0 aliphatic heterocycles. The smallest absolute Gasteiger partial charge is 0.387 e. The summed E-state index contributed by atoms with van der Waals surface area (Å²) >= 11 is 0. The molecule has 28 heavy (non-hydrogen) atoms. The number of ether oxygens (including phenoxy) is 1. The lowest BCUT2D eigenvalue weighted by molar-refractivity contribution is -0.115. The average Bonchev–Trinajstić information content (AvgIpc) is 2.93. The molecule has 0 fully saturated rings. The van der Waals surface area contributed by atoms with E-state index in [0.29, 0.717) is 11.3 Å². The number of nitrogens with one attached hydrogen (secondary N) is 2. The maximum atomic E-state index is 12.4. The van der Waals surface area contributed by atoms with Gasteiger partial charge in [0.15, 0.2) is 5.65 Å². The highest BCUT2D eigenvalue weighted by Crippen LogP contribution is 2.20. The number of rotatable bonds is 6. The van der Waals surface area contributed by atoms with E-state index in [4.69, 9.17) is 0 Å². The van der Waals surface area contributed by atoms with Crippen LogP contribution in [0.15, 0.2) is 36.5 Å². The summed E-state index contributed by atoms with van der Waals surface area (Å²) in [6, 6.07) is 7.28. The zero-order valence-corrected chi connectivity index (χ0v) is 15.1. The van der Waals surface area contributed by atoms with Gasteiger partial charge in [-0.2, -0.15) is 13.9 Å². The molecule has 3 aromatic rings. The first-order valence-corrected chi connectivity index (χ1v) is 8.26. The molecule has 0 bridgehead atoms. The SMILES string of the molecule is Cc1nn(C)c2ncc(NC(=O)CNC(=O)c3ccccc3OC(F)F)cc12. The Balaban J connectivity index is 1.63. The first-order chi connectivity index (χ1) is 13.3. The fraction of sp³-hybridized carbons (Fsp3) is 0.222. The number of hydrogen-bond donors (Lipinski definition) is 2. The Bertz CT molecular complexity index is 1040. The molecule has 8 nitrogen and oxygen atoms in total. The number of alkyl halides is 2. The number of para-hydroxylation sites is 1. The Hall–Kier alpha value is -3.56. The summed E-state index contributed by atoms with van der Waals surface area (Å²) in [7, 11) is 1.77. The van der Waals surface area contributed by atoms with Gasteiger partial charge in [0.2, 0.25) is 5.91 Å². The van der Waals surface area contributed by atoms with Crippen LogP contribution in [0.4, 0.5) is 14.5 Å². The van der Waals surface area contributed by atoms with Gasteiger partial charge in [0.25, 0.3) is 5.91 Å². The maximum absolute atomic E-state index is 12.4. The zero-order chi connectivity index (χ0) is 20.3. The molecule has 0 aliphatic carbocycles. The Morgan fingerprint density at radius 1 is 1.29 bits per heavy atom. The van der Waals surface area contributed by atoms with Crippen LogP contribution in [0.3, 0.4) is 0 Å². The molecule has 2 heterocycles. The minimum absolute atomic E-state index is 0.0929. The second-order valence-corrected chi connectivity index (χ2v) is 5.91. The zero-order valence-electron chi connectivity index (χ0n) is 15.1. The van der Waals surface area contributed by atoms with Gasteiger partial charge in [-0.1, -0.05) is 12.1 Å². The molecule has 1 aromatic carbocycles. The predicted molar refractivity (Wildman–Crippen MR) is 97.3 cm³/mol. The topological polar surface area (TPSA) is 98.1 Å². The van der Waals surface area contributed by atoms with Gasteiger partial charge in [0.1, 0.15) is 5.75 Å². The molecule has 0 aliphatic rings. The first kappa shape index (κ1) is 19.2. The van der Waals surface area contributed by atoms with Gasteiger partial charge in [-0.15, -0.1) is 0 Å². The number of amides is 2. The van der Waals surface area contributed by atoms with Crippen molar-refractivity contribution in [3.8, 4) is 5.75 Å². The van der Waals surface area contributed by atoms with Crippen molar-refractivity contribution in [2.24, 2.45) is 7.05 Å². The lowest BCUT2D eigenvalue weighted by Crippen LogP contribution is -2.33. The number of pyridine rings is 1. The van der Waals surface area contributed by atoms with Gasteiger partial charge in [0.05, 0.1) is 29.7 Å². The van der Waals surface area contributed by atoms with Gasteiger partial charge >= 0.3 is 6.61 Å². The van der Waals surface area contributed by atoms with Crippen molar-refractivity contribution < 1.29 is 23.1 Å². The van der Waals surface area contributed by atoms with Crippen LogP contribution in [0.2, 0.25) is 0 Å². The monoisotopic (exact) mass is 389 g/mol. The normalized spacial score (nSPS) is 10.9. The minimum Gasteiger partial charge on any atom is -0.434 e. The van der Waals surface area contributed by atoms with Gasteiger partial charge in [-0.05, 0) is 25.1 Å². The first-order valence-electron chi connectivity index (χ1n) is 8.26. The number of halogens is 2. The van der Waals surface area contributed by atoms with Crippen LogP contribution in [0.25, 0.3) is 11.0 Å². The second-order valence-electron chi connectivity index (χ2n) is 5.91. The van der Waals surface area contributed by atoms with Crippen molar-refractivity contribution >= 4 is 28.5 Å². The standard InChI is InChI=1S/C18H17F2N5O3/c1-10-13-7-11(8-21-16(13)25(2)24-10)23-15(26)9-22-17(27)12-5-3-4-6-14(12)28-18(19)20/h3-8,18H,9H2,1-2H3,(H,22,27)(H,23,26). The van der Waals surface area contributed by atoms with Crippen molar-refractivity contribution in [1.29, 1.82) is 0 Å². The molecule has 0 atom stereocenters. The van der Waals surface area contributed by atoms with Crippen LogP contribution in [-0.2, 0) is 11.8 Å². The molecule has 0 radical (unpaired) electrons.